The summed E-state index contributed by atoms with van der Waals surface area (Å²) in [5.74, 6) is 0.835. The van der Waals surface area contributed by atoms with Crippen molar-refractivity contribution in [3.05, 3.63) is 29.3 Å². The van der Waals surface area contributed by atoms with E-state index in [1.807, 2.05) is 0 Å². The molecule has 1 aromatic carbocycles. The summed E-state index contributed by atoms with van der Waals surface area (Å²) < 4.78 is 5.48. The van der Waals surface area contributed by atoms with E-state index in [9.17, 15) is 4.79 Å². The Morgan fingerprint density at radius 1 is 1.44 bits per heavy atom. The van der Waals surface area contributed by atoms with Crippen molar-refractivity contribution in [3.63, 3.8) is 0 Å². The van der Waals surface area contributed by atoms with Gasteiger partial charge in [-0.25, -0.2) is 0 Å². The molecule has 0 aromatic heterocycles. The van der Waals surface area contributed by atoms with E-state index in [-0.39, 0.29) is 11.9 Å². The van der Waals surface area contributed by atoms with Gasteiger partial charge in [0.05, 0.1) is 13.0 Å². The van der Waals surface area contributed by atoms with Crippen LogP contribution < -0.4 is 10.5 Å². The molecule has 2 N–H and O–H groups in total. The molecule has 1 heterocycles. The van der Waals surface area contributed by atoms with Gasteiger partial charge in [0.15, 0.2) is 0 Å². The highest BCUT2D eigenvalue weighted by Crippen LogP contribution is 2.16. The summed E-state index contributed by atoms with van der Waals surface area (Å²) in [5.41, 5.74) is 5.76. The van der Waals surface area contributed by atoms with E-state index in [4.69, 9.17) is 22.1 Å². The van der Waals surface area contributed by atoms with Crippen molar-refractivity contribution in [2.75, 3.05) is 19.7 Å². The lowest BCUT2D eigenvalue weighted by Gasteiger charge is -2.15. The molecule has 1 amide bonds. The van der Waals surface area contributed by atoms with Crippen molar-refractivity contribution >= 4 is 17.5 Å². The highest BCUT2D eigenvalue weighted by molar-refractivity contribution is 6.30. The Labute approximate surface area is 112 Å². The summed E-state index contributed by atoms with van der Waals surface area (Å²) in [6, 6.07) is 7.24. The Hall–Kier alpha value is -1.26. The number of carbonyl (C=O) groups excluding carboxylic acids is 1. The number of nitrogens with two attached hydrogens (primary N) is 1. The van der Waals surface area contributed by atoms with Gasteiger partial charge in [-0.15, -0.1) is 0 Å². The molecule has 1 aliphatic rings. The zero-order valence-electron chi connectivity index (χ0n) is 10.1. The molecule has 5 heteroatoms. The number of halogens is 1. The molecule has 18 heavy (non-hydrogen) atoms. The summed E-state index contributed by atoms with van der Waals surface area (Å²) in [4.78, 5) is 13.6. The van der Waals surface area contributed by atoms with Crippen molar-refractivity contribution in [1.29, 1.82) is 0 Å². The lowest BCUT2D eigenvalue weighted by Crippen LogP contribution is -2.32. The van der Waals surface area contributed by atoms with Crippen LogP contribution in [0.25, 0.3) is 0 Å². The van der Waals surface area contributed by atoms with Crippen molar-refractivity contribution in [1.82, 2.24) is 4.90 Å². The van der Waals surface area contributed by atoms with Gasteiger partial charge in [-0.3, -0.25) is 4.79 Å². The Bertz CT molecular complexity index is 408. The van der Waals surface area contributed by atoms with Crippen molar-refractivity contribution in [3.8, 4) is 5.75 Å². The highest BCUT2D eigenvalue weighted by Gasteiger charge is 2.22. The molecule has 1 fully saturated rings. The van der Waals surface area contributed by atoms with E-state index >= 15 is 0 Å². The summed E-state index contributed by atoms with van der Waals surface area (Å²) in [7, 11) is 0. The number of ether oxygens (including phenoxy) is 1. The second-order valence-corrected chi connectivity index (χ2v) is 4.88. The summed E-state index contributed by atoms with van der Waals surface area (Å²) in [5, 5.41) is 0.671. The van der Waals surface area contributed by atoms with Crippen LogP contribution in [0.1, 0.15) is 12.8 Å². The topological polar surface area (TPSA) is 55.6 Å². The standard InChI is InChI=1S/C13H17ClN2O2/c14-10-1-3-12(4-2-10)18-8-6-13(17)16-7-5-11(15)9-16/h1-4,11H,5-9,15H2/t11-/m0/s1. The van der Waals surface area contributed by atoms with E-state index in [1.165, 1.54) is 0 Å². The van der Waals surface area contributed by atoms with Crippen molar-refractivity contribution in [2.45, 2.75) is 18.9 Å². The number of carbonyl (C=O) groups is 1. The minimum Gasteiger partial charge on any atom is -0.493 e. The lowest BCUT2D eigenvalue weighted by molar-refractivity contribution is -0.130. The largest absolute Gasteiger partial charge is 0.493 e. The van der Waals surface area contributed by atoms with Crippen LogP contribution in [0.3, 0.4) is 0 Å². The number of rotatable bonds is 4. The number of nitrogens with zero attached hydrogens (tertiary/aromatic N) is 1. The van der Waals surface area contributed by atoms with Gasteiger partial charge >= 0.3 is 0 Å². The minimum atomic E-state index is 0.108. The Morgan fingerprint density at radius 2 is 2.17 bits per heavy atom. The molecule has 0 unspecified atom stereocenters. The number of benzene rings is 1. The Balaban J connectivity index is 1.72. The van der Waals surface area contributed by atoms with Gasteiger partial charge in [0.2, 0.25) is 5.91 Å². The molecule has 98 valence electrons. The van der Waals surface area contributed by atoms with Gasteiger partial charge < -0.3 is 15.4 Å². The van der Waals surface area contributed by atoms with Gasteiger partial charge in [0.1, 0.15) is 5.75 Å². The van der Waals surface area contributed by atoms with Crippen molar-refractivity contribution in [2.24, 2.45) is 5.73 Å². The van der Waals surface area contributed by atoms with Gasteiger partial charge in [-0.2, -0.15) is 0 Å². The third kappa shape index (κ3) is 3.62. The lowest BCUT2D eigenvalue weighted by atomic mass is 10.3. The van der Waals surface area contributed by atoms with Crippen LogP contribution in [0.5, 0.6) is 5.75 Å². The number of likely N-dealkylation sites (tertiary alicyclic amines) is 1. The molecule has 0 saturated carbocycles. The average Bonchev–Trinajstić information content (AvgIpc) is 2.78. The van der Waals surface area contributed by atoms with E-state index in [0.717, 1.165) is 18.7 Å². The Morgan fingerprint density at radius 3 is 2.78 bits per heavy atom. The zero-order chi connectivity index (χ0) is 13.0. The van der Waals surface area contributed by atoms with Gasteiger partial charge in [-0.1, -0.05) is 11.6 Å². The molecule has 4 nitrogen and oxygen atoms in total. The molecule has 0 bridgehead atoms. The van der Waals surface area contributed by atoms with Crippen LogP contribution in [0.15, 0.2) is 24.3 Å². The second-order valence-electron chi connectivity index (χ2n) is 4.44. The normalized spacial score (nSPS) is 19.0. The molecule has 1 atom stereocenters. The molecule has 0 radical (unpaired) electrons. The average molecular weight is 269 g/mol. The molecular formula is C13H17ClN2O2. The first-order valence-electron chi connectivity index (χ1n) is 6.07. The van der Waals surface area contributed by atoms with E-state index in [0.29, 0.717) is 24.6 Å². The molecule has 0 spiro atoms. The predicted molar refractivity (Wildman–Crippen MR) is 70.7 cm³/mol. The SMILES string of the molecule is N[C@H]1CCN(C(=O)CCOc2ccc(Cl)cc2)C1. The van der Waals surface area contributed by atoms with E-state index < -0.39 is 0 Å². The van der Waals surface area contributed by atoms with Crippen LogP contribution in [-0.4, -0.2) is 36.5 Å². The second kappa shape index (κ2) is 6.07. The predicted octanol–water partition coefficient (Wildman–Crippen LogP) is 1.67. The monoisotopic (exact) mass is 268 g/mol. The molecule has 1 aromatic rings. The molecule has 2 rings (SSSR count). The smallest absolute Gasteiger partial charge is 0.226 e. The summed E-state index contributed by atoms with van der Waals surface area (Å²) in [6.07, 6.45) is 1.28. The molecule has 1 aliphatic heterocycles. The van der Waals surface area contributed by atoms with Crippen LogP contribution in [0.4, 0.5) is 0 Å². The molecule has 1 saturated heterocycles. The highest BCUT2D eigenvalue weighted by atomic mass is 35.5. The molecule has 0 aliphatic carbocycles. The third-order valence-electron chi connectivity index (χ3n) is 2.98. The maximum atomic E-state index is 11.8. The zero-order valence-corrected chi connectivity index (χ0v) is 10.9. The first-order chi connectivity index (χ1) is 8.65. The van der Waals surface area contributed by atoms with Crippen LogP contribution >= 0.6 is 11.6 Å². The third-order valence-corrected chi connectivity index (χ3v) is 3.23. The minimum absolute atomic E-state index is 0.108. The number of amides is 1. The Kier molecular flexibility index (Phi) is 4.44. The first kappa shape index (κ1) is 13.2. The quantitative estimate of drug-likeness (QED) is 0.904. The van der Waals surface area contributed by atoms with Gasteiger partial charge in [0, 0.05) is 24.2 Å². The summed E-state index contributed by atoms with van der Waals surface area (Å²) >= 11 is 5.77. The maximum absolute atomic E-state index is 11.8. The number of hydrogen-bond donors (Lipinski definition) is 1. The first-order valence-corrected chi connectivity index (χ1v) is 6.44. The van der Waals surface area contributed by atoms with Gasteiger partial charge in [-0.05, 0) is 30.7 Å². The van der Waals surface area contributed by atoms with E-state index in [1.54, 1.807) is 29.2 Å². The van der Waals surface area contributed by atoms with E-state index in [2.05, 4.69) is 0 Å². The fourth-order valence-corrected chi connectivity index (χ4v) is 2.08. The van der Waals surface area contributed by atoms with Crippen molar-refractivity contribution < 1.29 is 9.53 Å². The van der Waals surface area contributed by atoms with Crippen LogP contribution in [-0.2, 0) is 4.79 Å². The fourth-order valence-electron chi connectivity index (χ4n) is 1.96. The maximum Gasteiger partial charge on any atom is 0.226 e. The van der Waals surface area contributed by atoms with Crippen LogP contribution in [0, 0.1) is 0 Å². The fraction of sp³-hybridized carbons (Fsp3) is 0.462. The molecular weight excluding hydrogens is 252 g/mol. The number of hydrogen-bond acceptors (Lipinski definition) is 3. The van der Waals surface area contributed by atoms with Crippen LogP contribution in [0.2, 0.25) is 5.02 Å². The summed E-state index contributed by atoms with van der Waals surface area (Å²) in [6.45, 7) is 1.81. The van der Waals surface area contributed by atoms with Gasteiger partial charge in [0.25, 0.3) is 0 Å².